The Bertz CT molecular complexity index is 458. The van der Waals surface area contributed by atoms with Crippen LogP contribution in [0, 0.1) is 5.92 Å². The van der Waals surface area contributed by atoms with E-state index in [1.807, 2.05) is 0 Å². The SMILES string of the molecule is CC(C)CCCNS(=O)(=O)c1ncccc1N. The normalized spacial score (nSPS) is 11.9. The van der Waals surface area contributed by atoms with Crippen LogP contribution in [0.4, 0.5) is 5.69 Å². The number of nitrogens with two attached hydrogens (primary N) is 1. The lowest BCUT2D eigenvalue weighted by Crippen LogP contribution is -2.26. The smallest absolute Gasteiger partial charge is 0.260 e. The molecule has 6 heteroatoms. The molecule has 1 heterocycles. The number of aromatic nitrogens is 1. The van der Waals surface area contributed by atoms with E-state index in [1.165, 1.54) is 12.3 Å². The molecule has 0 fully saturated rings. The Balaban J connectivity index is 2.61. The van der Waals surface area contributed by atoms with Gasteiger partial charge in [0.2, 0.25) is 0 Å². The van der Waals surface area contributed by atoms with Crippen molar-refractivity contribution in [3.63, 3.8) is 0 Å². The van der Waals surface area contributed by atoms with E-state index >= 15 is 0 Å². The minimum Gasteiger partial charge on any atom is -0.396 e. The molecule has 17 heavy (non-hydrogen) atoms. The van der Waals surface area contributed by atoms with Gasteiger partial charge in [-0.05, 0) is 30.9 Å². The van der Waals surface area contributed by atoms with Crippen LogP contribution in [0.15, 0.2) is 23.4 Å². The number of nitrogens with zero attached hydrogens (tertiary/aromatic N) is 1. The molecule has 1 aromatic rings. The number of rotatable bonds is 6. The average Bonchev–Trinajstić information content (AvgIpc) is 2.24. The number of nitrogens with one attached hydrogen (secondary N) is 1. The zero-order valence-electron chi connectivity index (χ0n) is 10.2. The number of nitrogen functional groups attached to an aromatic ring is 1. The quantitative estimate of drug-likeness (QED) is 0.754. The first kappa shape index (κ1) is 13.9. The van der Waals surface area contributed by atoms with E-state index in [2.05, 4.69) is 23.6 Å². The van der Waals surface area contributed by atoms with Crippen molar-refractivity contribution in [1.82, 2.24) is 9.71 Å². The number of sulfonamides is 1. The summed E-state index contributed by atoms with van der Waals surface area (Å²) in [6, 6.07) is 3.13. The second-order valence-electron chi connectivity index (χ2n) is 4.33. The Kier molecular flexibility index (Phi) is 4.89. The molecule has 1 rings (SSSR count). The van der Waals surface area contributed by atoms with Crippen molar-refractivity contribution in [2.75, 3.05) is 12.3 Å². The van der Waals surface area contributed by atoms with Crippen LogP contribution in [-0.4, -0.2) is 19.9 Å². The predicted molar refractivity (Wildman–Crippen MR) is 67.9 cm³/mol. The Morgan fingerprint density at radius 3 is 2.76 bits per heavy atom. The number of anilines is 1. The summed E-state index contributed by atoms with van der Waals surface area (Å²) in [4.78, 5) is 3.79. The van der Waals surface area contributed by atoms with Crippen LogP contribution < -0.4 is 10.5 Å². The molecule has 0 saturated heterocycles. The molecule has 0 unspecified atom stereocenters. The van der Waals surface area contributed by atoms with Crippen LogP contribution >= 0.6 is 0 Å². The van der Waals surface area contributed by atoms with Crippen molar-refractivity contribution >= 4 is 15.7 Å². The maximum atomic E-state index is 11.8. The van der Waals surface area contributed by atoms with Gasteiger partial charge in [-0.15, -0.1) is 0 Å². The summed E-state index contributed by atoms with van der Waals surface area (Å²) in [5, 5.41) is -0.0930. The average molecular weight is 257 g/mol. The molecule has 0 aliphatic carbocycles. The highest BCUT2D eigenvalue weighted by molar-refractivity contribution is 7.89. The third-order valence-corrected chi connectivity index (χ3v) is 3.74. The molecule has 0 radical (unpaired) electrons. The first-order valence-corrected chi connectivity index (χ1v) is 7.12. The Hall–Kier alpha value is -1.14. The van der Waals surface area contributed by atoms with Gasteiger partial charge < -0.3 is 5.73 Å². The zero-order chi connectivity index (χ0) is 12.9. The highest BCUT2D eigenvalue weighted by Gasteiger charge is 2.17. The maximum Gasteiger partial charge on any atom is 0.260 e. The lowest BCUT2D eigenvalue weighted by molar-refractivity contribution is 0.539. The summed E-state index contributed by atoms with van der Waals surface area (Å²) in [6.07, 6.45) is 3.21. The highest BCUT2D eigenvalue weighted by atomic mass is 32.2. The Morgan fingerprint density at radius 1 is 1.47 bits per heavy atom. The van der Waals surface area contributed by atoms with Crippen LogP contribution in [0.2, 0.25) is 0 Å². The van der Waals surface area contributed by atoms with E-state index < -0.39 is 10.0 Å². The fraction of sp³-hybridized carbons (Fsp3) is 0.545. The topological polar surface area (TPSA) is 85.1 Å². The molecular weight excluding hydrogens is 238 g/mol. The fourth-order valence-corrected chi connectivity index (χ4v) is 2.54. The lowest BCUT2D eigenvalue weighted by Gasteiger charge is -2.08. The van der Waals surface area contributed by atoms with Crippen molar-refractivity contribution in [2.24, 2.45) is 5.92 Å². The first-order valence-electron chi connectivity index (χ1n) is 5.63. The molecule has 96 valence electrons. The molecule has 0 bridgehead atoms. The molecule has 5 nitrogen and oxygen atoms in total. The van der Waals surface area contributed by atoms with E-state index in [0.29, 0.717) is 12.5 Å². The summed E-state index contributed by atoms with van der Waals surface area (Å²) >= 11 is 0. The van der Waals surface area contributed by atoms with Gasteiger partial charge in [-0.3, -0.25) is 0 Å². The van der Waals surface area contributed by atoms with Crippen molar-refractivity contribution in [3.8, 4) is 0 Å². The summed E-state index contributed by atoms with van der Waals surface area (Å²) in [5.74, 6) is 0.569. The Labute approximate surface area is 102 Å². The second kappa shape index (κ2) is 5.97. The van der Waals surface area contributed by atoms with E-state index in [-0.39, 0.29) is 10.7 Å². The second-order valence-corrected chi connectivity index (χ2v) is 6.01. The minimum atomic E-state index is -3.58. The third-order valence-electron chi connectivity index (χ3n) is 2.31. The van der Waals surface area contributed by atoms with Gasteiger partial charge in [-0.2, -0.15) is 0 Å². The van der Waals surface area contributed by atoms with Gasteiger partial charge in [0, 0.05) is 12.7 Å². The van der Waals surface area contributed by atoms with Crippen LogP contribution in [0.1, 0.15) is 26.7 Å². The van der Waals surface area contributed by atoms with E-state index in [1.54, 1.807) is 6.07 Å². The van der Waals surface area contributed by atoms with Gasteiger partial charge in [0.25, 0.3) is 10.0 Å². The third kappa shape index (κ3) is 4.32. The summed E-state index contributed by atoms with van der Waals surface area (Å²) in [6.45, 7) is 4.62. The van der Waals surface area contributed by atoms with Crippen molar-refractivity contribution < 1.29 is 8.42 Å². The van der Waals surface area contributed by atoms with Gasteiger partial charge in [0.1, 0.15) is 0 Å². The summed E-state index contributed by atoms with van der Waals surface area (Å²) < 4.78 is 26.2. The van der Waals surface area contributed by atoms with Crippen LogP contribution in [-0.2, 0) is 10.0 Å². The standard InChI is InChI=1S/C11H19N3O2S/c1-9(2)5-3-8-14-17(15,16)11-10(12)6-4-7-13-11/h4,6-7,9,14H,3,5,8,12H2,1-2H3. The molecule has 1 aromatic heterocycles. The van der Waals surface area contributed by atoms with E-state index in [4.69, 9.17) is 5.73 Å². The highest BCUT2D eigenvalue weighted by Crippen LogP contribution is 2.13. The van der Waals surface area contributed by atoms with Crippen LogP contribution in [0.5, 0.6) is 0 Å². The lowest BCUT2D eigenvalue weighted by atomic mass is 10.1. The summed E-state index contributed by atoms with van der Waals surface area (Å²) in [5.41, 5.74) is 5.75. The van der Waals surface area contributed by atoms with Crippen molar-refractivity contribution in [1.29, 1.82) is 0 Å². The Morgan fingerprint density at radius 2 is 2.18 bits per heavy atom. The van der Waals surface area contributed by atoms with Crippen molar-refractivity contribution in [2.45, 2.75) is 31.7 Å². The molecule has 0 amide bonds. The largest absolute Gasteiger partial charge is 0.396 e. The monoisotopic (exact) mass is 257 g/mol. The van der Waals surface area contributed by atoms with E-state index in [0.717, 1.165) is 12.8 Å². The zero-order valence-corrected chi connectivity index (χ0v) is 11.0. The molecule has 0 spiro atoms. The molecule has 0 aliphatic rings. The minimum absolute atomic E-state index is 0.0930. The van der Waals surface area contributed by atoms with Gasteiger partial charge in [0.05, 0.1) is 5.69 Å². The number of pyridine rings is 1. The maximum absolute atomic E-state index is 11.8. The van der Waals surface area contributed by atoms with Gasteiger partial charge >= 0.3 is 0 Å². The summed E-state index contributed by atoms with van der Waals surface area (Å²) in [7, 11) is -3.58. The van der Waals surface area contributed by atoms with Crippen LogP contribution in [0.25, 0.3) is 0 Å². The van der Waals surface area contributed by atoms with Gasteiger partial charge in [0.15, 0.2) is 5.03 Å². The predicted octanol–water partition coefficient (Wildman–Crippen LogP) is 1.38. The van der Waals surface area contributed by atoms with Crippen molar-refractivity contribution in [3.05, 3.63) is 18.3 Å². The molecule has 0 aromatic carbocycles. The fourth-order valence-electron chi connectivity index (χ4n) is 1.41. The van der Waals surface area contributed by atoms with Crippen LogP contribution in [0.3, 0.4) is 0 Å². The first-order chi connectivity index (χ1) is 7.93. The molecule has 0 aliphatic heterocycles. The molecular formula is C11H19N3O2S. The van der Waals surface area contributed by atoms with Gasteiger partial charge in [-0.1, -0.05) is 13.8 Å². The molecule has 3 N–H and O–H groups in total. The number of hydrogen-bond donors (Lipinski definition) is 2. The van der Waals surface area contributed by atoms with E-state index in [9.17, 15) is 8.42 Å². The molecule has 0 atom stereocenters. The number of hydrogen-bond acceptors (Lipinski definition) is 4. The molecule has 0 saturated carbocycles. The van der Waals surface area contributed by atoms with Gasteiger partial charge in [-0.25, -0.2) is 18.1 Å².